The third-order valence-corrected chi connectivity index (χ3v) is 4.83. The van der Waals surface area contributed by atoms with Gasteiger partial charge in [0.25, 0.3) is 0 Å². The number of nitrogens with one attached hydrogen (secondary N) is 1. The van der Waals surface area contributed by atoms with Gasteiger partial charge in [-0.3, -0.25) is 0 Å². The van der Waals surface area contributed by atoms with Crippen LogP contribution in [0.5, 0.6) is 0 Å². The number of epoxide rings is 1. The van der Waals surface area contributed by atoms with Crippen LogP contribution in [-0.4, -0.2) is 38.8 Å². The van der Waals surface area contributed by atoms with Crippen molar-refractivity contribution in [3.8, 4) is 0 Å². The van der Waals surface area contributed by atoms with Crippen LogP contribution in [0, 0.1) is 0 Å². The number of anilines is 1. The van der Waals surface area contributed by atoms with E-state index < -0.39 is 0 Å². The summed E-state index contributed by atoms with van der Waals surface area (Å²) < 4.78 is 17.2. The summed E-state index contributed by atoms with van der Waals surface area (Å²) in [7, 11) is 1.94. The van der Waals surface area contributed by atoms with Crippen molar-refractivity contribution in [3.05, 3.63) is 64.7 Å². The molecule has 6 heteroatoms. The van der Waals surface area contributed by atoms with E-state index in [2.05, 4.69) is 34.5 Å². The molecule has 0 amide bonds. The second-order valence-electron chi connectivity index (χ2n) is 6.65. The summed E-state index contributed by atoms with van der Waals surface area (Å²) in [6.45, 7) is 2.76. The lowest BCUT2D eigenvalue weighted by atomic mass is 10.1. The van der Waals surface area contributed by atoms with Crippen molar-refractivity contribution in [3.63, 3.8) is 0 Å². The summed E-state index contributed by atoms with van der Waals surface area (Å²) in [6.07, 6.45) is 0.0975. The number of rotatable bonds is 7. The molecule has 2 fully saturated rings. The lowest BCUT2D eigenvalue weighted by molar-refractivity contribution is -0.00961. The third-order valence-electron chi connectivity index (χ3n) is 4.59. The number of nitrogens with zero attached hydrogens (tertiary/aromatic N) is 1. The molecule has 2 aromatic carbocycles. The van der Waals surface area contributed by atoms with Gasteiger partial charge in [-0.1, -0.05) is 35.9 Å². The fraction of sp³-hybridized carbons (Fsp3) is 0.400. The second-order valence-corrected chi connectivity index (χ2v) is 7.09. The van der Waals surface area contributed by atoms with E-state index in [1.54, 1.807) is 0 Å². The van der Waals surface area contributed by atoms with Crippen molar-refractivity contribution < 1.29 is 14.2 Å². The first-order valence-electron chi connectivity index (χ1n) is 8.86. The molecule has 0 aliphatic carbocycles. The Morgan fingerprint density at radius 3 is 2.69 bits per heavy atom. The molecule has 3 atom stereocenters. The van der Waals surface area contributed by atoms with Gasteiger partial charge >= 0.3 is 0 Å². The monoisotopic (exact) mass is 374 g/mol. The number of hydrogen-bond donors (Lipinski definition) is 1. The maximum absolute atomic E-state index is 5.99. The number of benzene rings is 2. The summed E-state index contributed by atoms with van der Waals surface area (Å²) in [5.74, 6) is 0. The van der Waals surface area contributed by atoms with Gasteiger partial charge < -0.3 is 24.4 Å². The molecule has 5 nitrogen and oxygen atoms in total. The predicted octanol–water partition coefficient (Wildman–Crippen LogP) is 3.16. The van der Waals surface area contributed by atoms with Gasteiger partial charge in [0.15, 0.2) is 6.23 Å². The highest BCUT2D eigenvalue weighted by Gasteiger charge is 2.50. The first-order chi connectivity index (χ1) is 12.7. The maximum Gasteiger partial charge on any atom is 0.205 e. The van der Waals surface area contributed by atoms with Crippen LogP contribution in [0.4, 0.5) is 5.69 Å². The minimum absolute atomic E-state index is 0.0491. The van der Waals surface area contributed by atoms with Crippen molar-refractivity contribution in [2.75, 3.05) is 25.0 Å². The summed E-state index contributed by atoms with van der Waals surface area (Å²) in [5, 5.41) is 3.90. The Labute approximate surface area is 158 Å². The number of morpholine rings is 1. The van der Waals surface area contributed by atoms with Gasteiger partial charge in [0.05, 0.1) is 19.3 Å². The molecular weight excluding hydrogens is 352 g/mol. The molecule has 2 saturated heterocycles. The molecule has 3 unspecified atom stereocenters. The van der Waals surface area contributed by atoms with Crippen molar-refractivity contribution in [2.24, 2.45) is 0 Å². The van der Waals surface area contributed by atoms with Crippen molar-refractivity contribution in [1.29, 1.82) is 0 Å². The van der Waals surface area contributed by atoms with E-state index in [0.29, 0.717) is 13.2 Å². The molecule has 0 bridgehead atoms. The summed E-state index contributed by atoms with van der Waals surface area (Å²) in [6, 6.07) is 16.2. The summed E-state index contributed by atoms with van der Waals surface area (Å²) >= 11 is 5.99. The molecule has 2 aliphatic rings. The Kier molecular flexibility index (Phi) is 5.43. The topological polar surface area (TPSA) is 46.3 Å². The number of ether oxygens (including phenoxy) is 3. The van der Waals surface area contributed by atoms with E-state index in [1.807, 2.05) is 31.3 Å². The molecule has 0 aromatic heterocycles. The van der Waals surface area contributed by atoms with E-state index in [-0.39, 0.29) is 18.6 Å². The van der Waals surface area contributed by atoms with Crippen LogP contribution in [0.3, 0.4) is 0 Å². The zero-order chi connectivity index (χ0) is 17.9. The highest BCUT2D eigenvalue weighted by molar-refractivity contribution is 6.30. The molecule has 0 radical (unpaired) electrons. The highest BCUT2D eigenvalue weighted by atomic mass is 35.5. The Bertz CT molecular complexity index is 740. The lowest BCUT2D eigenvalue weighted by Gasteiger charge is -2.31. The first kappa shape index (κ1) is 17.8. The molecule has 2 aliphatic heterocycles. The SMILES string of the molecule is CNCC1CN(c2ccc(COCc3cccc(Cl)c3)cc2)C2OC2O1. The number of likely N-dealkylation sites (N-methyl/N-ethyl adjacent to an activating group) is 1. The van der Waals surface area contributed by atoms with Gasteiger partial charge in [0.2, 0.25) is 6.29 Å². The van der Waals surface area contributed by atoms with E-state index in [1.165, 1.54) is 0 Å². The molecule has 1 N–H and O–H groups in total. The van der Waals surface area contributed by atoms with E-state index >= 15 is 0 Å². The molecule has 0 saturated carbocycles. The van der Waals surface area contributed by atoms with Crippen molar-refractivity contribution in [2.45, 2.75) is 31.8 Å². The average Bonchev–Trinajstić information content (AvgIpc) is 3.42. The zero-order valence-corrected chi connectivity index (χ0v) is 15.5. The van der Waals surface area contributed by atoms with Gasteiger partial charge in [-0.05, 0) is 42.4 Å². The van der Waals surface area contributed by atoms with Crippen LogP contribution < -0.4 is 10.2 Å². The largest absolute Gasteiger partial charge is 0.372 e. The highest BCUT2D eigenvalue weighted by Crippen LogP contribution is 2.36. The Balaban J connectivity index is 1.32. The Hall–Kier alpha value is -1.63. The third kappa shape index (κ3) is 4.19. The average molecular weight is 375 g/mol. The summed E-state index contributed by atoms with van der Waals surface area (Å²) in [5.41, 5.74) is 3.37. The van der Waals surface area contributed by atoms with Crippen LogP contribution in [0.1, 0.15) is 11.1 Å². The van der Waals surface area contributed by atoms with Crippen LogP contribution >= 0.6 is 11.6 Å². The van der Waals surface area contributed by atoms with Crippen LogP contribution in [-0.2, 0) is 27.4 Å². The van der Waals surface area contributed by atoms with Gasteiger partial charge in [0.1, 0.15) is 0 Å². The van der Waals surface area contributed by atoms with Crippen LogP contribution in [0.15, 0.2) is 48.5 Å². The number of halogens is 1. The minimum atomic E-state index is -0.0946. The van der Waals surface area contributed by atoms with E-state index in [4.69, 9.17) is 25.8 Å². The fourth-order valence-corrected chi connectivity index (χ4v) is 3.47. The first-order valence-corrected chi connectivity index (χ1v) is 9.24. The van der Waals surface area contributed by atoms with Crippen LogP contribution in [0.2, 0.25) is 5.02 Å². The van der Waals surface area contributed by atoms with Gasteiger partial charge in [-0.15, -0.1) is 0 Å². The lowest BCUT2D eigenvalue weighted by Crippen LogP contribution is -2.46. The fourth-order valence-electron chi connectivity index (χ4n) is 3.26. The predicted molar refractivity (Wildman–Crippen MR) is 101 cm³/mol. The molecule has 138 valence electrons. The van der Waals surface area contributed by atoms with E-state index in [9.17, 15) is 0 Å². The number of fused-ring (bicyclic) bond motifs is 1. The molecule has 26 heavy (non-hydrogen) atoms. The molecule has 2 aromatic rings. The standard InChI is InChI=1S/C20H23ClN2O3/c1-22-10-18-11-23(19-20(25-18)26-19)17-7-5-14(6-8-17)12-24-13-15-3-2-4-16(21)9-15/h2-9,18-20,22H,10-13H2,1H3. The van der Waals surface area contributed by atoms with Gasteiger partial charge in [-0.2, -0.15) is 0 Å². The summed E-state index contributed by atoms with van der Waals surface area (Å²) in [4.78, 5) is 2.27. The van der Waals surface area contributed by atoms with Crippen molar-refractivity contribution >= 4 is 17.3 Å². The Morgan fingerprint density at radius 2 is 1.92 bits per heavy atom. The van der Waals surface area contributed by atoms with Gasteiger partial charge in [0, 0.05) is 23.8 Å². The quantitative estimate of drug-likeness (QED) is 0.754. The maximum atomic E-state index is 5.99. The van der Waals surface area contributed by atoms with Gasteiger partial charge in [-0.25, -0.2) is 0 Å². The Morgan fingerprint density at radius 1 is 1.12 bits per heavy atom. The molecule has 4 rings (SSSR count). The minimum Gasteiger partial charge on any atom is -0.372 e. The van der Waals surface area contributed by atoms with Crippen molar-refractivity contribution in [1.82, 2.24) is 5.32 Å². The normalized spacial score (nSPS) is 24.4. The molecule has 2 heterocycles. The second kappa shape index (κ2) is 7.94. The van der Waals surface area contributed by atoms with Crippen LogP contribution in [0.25, 0.3) is 0 Å². The zero-order valence-electron chi connectivity index (χ0n) is 14.7. The van der Waals surface area contributed by atoms with E-state index in [0.717, 1.165) is 34.9 Å². The number of hydrogen-bond acceptors (Lipinski definition) is 5. The molecule has 0 spiro atoms. The smallest absolute Gasteiger partial charge is 0.205 e. The molecular formula is C20H23ClN2O3.